The molecule has 0 radical (unpaired) electrons. The van der Waals surface area contributed by atoms with Gasteiger partial charge in [-0.15, -0.1) is 0 Å². The number of primary amides is 1. The maximum Gasteiger partial charge on any atom is 0.265 e. The van der Waals surface area contributed by atoms with Gasteiger partial charge < -0.3 is 10.5 Å². The third-order valence-electron chi connectivity index (χ3n) is 4.54. The third-order valence-corrected chi connectivity index (χ3v) is 5.93. The van der Waals surface area contributed by atoms with Gasteiger partial charge in [-0.1, -0.05) is 58.7 Å². The zero-order valence-corrected chi connectivity index (χ0v) is 18.3. The number of sulfonamides is 1. The molecule has 29 heavy (non-hydrogen) atoms. The molecular weight excluding hydrogens is 388 g/mol. The number of nitrogens with one attached hydrogen (secondary N) is 1. The summed E-state index contributed by atoms with van der Waals surface area (Å²) >= 11 is 0. The lowest BCUT2D eigenvalue weighted by atomic mass is 9.87. The van der Waals surface area contributed by atoms with Crippen LogP contribution in [-0.2, 0) is 15.4 Å². The normalized spacial score (nSPS) is 11.9. The highest BCUT2D eigenvalue weighted by Gasteiger charge is 2.25. The SMILES string of the molecule is CCCCCOc1ccc(C(C)(C)C)cc1S(=O)(=O)Nc1ccccc1C(N)=O. The Balaban J connectivity index is 2.46. The van der Waals surface area contributed by atoms with Crippen molar-refractivity contribution >= 4 is 21.6 Å². The number of unbranched alkanes of at least 4 members (excludes halogenated alkanes) is 2. The highest BCUT2D eigenvalue weighted by atomic mass is 32.2. The smallest absolute Gasteiger partial charge is 0.265 e. The lowest BCUT2D eigenvalue weighted by Crippen LogP contribution is -2.20. The summed E-state index contributed by atoms with van der Waals surface area (Å²) in [4.78, 5) is 11.7. The van der Waals surface area contributed by atoms with Crippen LogP contribution in [0.4, 0.5) is 5.69 Å². The van der Waals surface area contributed by atoms with Gasteiger partial charge in [0.25, 0.3) is 15.9 Å². The summed E-state index contributed by atoms with van der Waals surface area (Å²) in [5, 5.41) is 0. The van der Waals surface area contributed by atoms with E-state index < -0.39 is 15.9 Å². The molecule has 6 nitrogen and oxygen atoms in total. The Hall–Kier alpha value is -2.54. The first-order chi connectivity index (χ1) is 13.6. The summed E-state index contributed by atoms with van der Waals surface area (Å²) in [6.07, 6.45) is 2.89. The molecule has 2 aromatic carbocycles. The minimum atomic E-state index is -4.01. The molecule has 2 rings (SSSR count). The molecule has 0 aliphatic rings. The van der Waals surface area contributed by atoms with Crippen LogP contribution in [0.5, 0.6) is 5.75 Å². The number of nitrogens with two attached hydrogens (primary N) is 1. The average Bonchev–Trinajstić information content (AvgIpc) is 2.64. The van der Waals surface area contributed by atoms with Crippen molar-refractivity contribution in [3.8, 4) is 5.75 Å². The minimum absolute atomic E-state index is 0.0423. The molecule has 0 heterocycles. The predicted molar refractivity (Wildman–Crippen MR) is 116 cm³/mol. The van der Waals surface area contributed by atoms with E-state index in [0.717, 1.165) is 24.8 Å². The maximum atomic E-state index is 13.2. The lowest BCUT2D eigenvalue weighted by molar-refractivity contribution is 0.100. The predicted octanol–water partition coefficient (Wildman–Crippen LogP) is 4.45. The maximum absolute atomic E-state index is 13.2. The number of benzene rings is 2. The third kappa shape index (κ3) is 5.97. The lowest BCUT2D eigenvalue weighted by Gasteiger charge is -2.22. The second kappa shape index (κ2) is 9.31. The van der Waals surface area contributed by atoms with Crippen LogP contribution in [0.2, 0.25) is 0 Å². The molecule has 0 aliphatic carbocycles. The molecule has 2 aromatic rings. The molecule has 158 valence electrons. The summed E-state index contributed by atoms with van der Waals surface area (Å²) in [6.45, 7) is 8.56. The van der Waals surface area contributed by atoms with Crippen LogP contribution in [-0.4, -0.2) is 20.9 Å². The molecular formula is C22H30N2O4S. The van der Waals surface area contributed by atoms with E-state index in [1.54, 1.807) is 24.3 Å². The molecule has 7 heteroatoms. The molecule has 0 spiro atoms. The topological polar surface area (TPSA) is 98.5 Å². The molecule has 0 saturated heterocycles. The van der Waals surface area contributed by atoms with Crippen LogP contribution < -0.4 is 15.2 Å². The summed E-state index contributed by atoms with van der Waals surface area (Å²) in [5.41, 5.74) is 6.24. The van der Waals surface area contributed by atoms with E-state index in [0.29, 0.717) is 6.61 Å². The van der Waals surface area contributed by atoms with Gasteiger partial charge in [0.2, 0.25) is 0 Å². The Kier molecular flexibility index (Phi) is 7.30. The van der Waals surface area contributed by atoms with Crippen molar-refractivity contribution in [2.75, 3.05) is 11.3 Å². The second-order valence-electron chi connectivity index (χ2n) is 7.98. The zero-order valence-electron chi connectivity index (χ0n) is 17.5. The molecule has 0 aromatic heterocycles. The number of para-hydroxylation sites is 1. The largest absolute Gasteiger partial charge is 0.492 e. The first-order valence-corrected chi connectivity index (χ1v) is 11.2. The minimum Gasteiger partial charge on any atom is -0.492 e. The Morgan fingerprint density at radius 3 is 2.41 bits per heavy atom. The Labute approximate surface area is 173 Å². The number of hydrogen-bond acceptors (Lipinski definition) is 4. The van der Waals surface area contributed by atoms with Crippen molar-refractivity contribution in [1.82, 2.24) is 0 Å². The van der Waals surface area contributed by atoms with E-state index in [-0.39, 0.29) is 27.3 Å². The van der Waals surface area contributed by atoms with E-state index in [9.17, 15) is 13.2 Å². The molecule has 0 bridgehead atoms. The van der Waals surface area contributed by atoms with Crippen molar-refractivity contribution in [2.24, 2.45) is 5.73 Å². The van der Waals surface area contributed by atoms with Gasteiger partial charge >= 0.3 is 0 Å². The molecule has 0 unspecified atom stereocenters. The Morgan fingerprint density at radius 2 is 1.79 bits per heavy atom. The second-order valence-corrected chi connectivity index (χ2v) is 9.63. The number of amides is 1. The van der Waals surface area contributed by atoms with Gasteiger partial charge in [0.15, 0.2) is 0 Å². The average molecular weight is 419 g/mol. The van der Waals surface area contributed by atoms with Crippen LogP contribution in [0.1, 0.15) is 62.9 Å². The molecule has 0 aliphatic heterocycles. The van der Waals surface area contributed by atoms with E-state index in [2.05, 4.69) is 11.6 Å². The van der Waals surface area contributed by atoms with Gasteiger partial charge in [-0.25, -0.2) is 8.42 Å². The standard InChI is InChI=1S/C22H30N2O4S/c1-5-6-9-14-28-19-13-12-16(22(2,3)4)15-20(19)29(26,27)24-18-11-8-7-10-17(18)21(23)25/h7-8,10-13,15,24H,5-6,9,14H2,1-4H3,(H2,23,25). The van der Waals surface area contributed by atoms with Crippen LogP contribution in [0, 0.1) is 0 Å². The number of carbonyl (C=O) groups is 1. The molecule has 0 atom stereocenters. The number of hydrogen-bond donors (Lipinski definition) is 2. The van der Waals surface area contributed by atoms with Crippen LogP contribution in [0.3, 0.4) is 0 Å². The highest BCUT2D eigenvalue weighted by Crippen LogP contribution is 2.32. The summed E-state index contributed by atoms with van der Waals surface area (Å²) < 4.78 is 34.7. The fraction of sp³-hybridized carbons (Fsp3) is 0.409. The summed E-state index contributed by atoms with van der Waals surface area (Å²) in [5.74, 6) is -0.416. The monoisotopic (exact) mass is 418 g/mol. The summed E-state index contributed by atoms with van der Waals surface area (Å²) in [6, 6.07) is 11.5. The zero-order chi connectivity index (χ0) is 21.7. The van der Waals surface area contributed by atoms with Crippen molar-refractivity contribution in [3.05, 3.63) is 53.6 Å². The van der Waals surface area contributed by atoms with Gasteiger partial charge in [-0.3, -0.25) is 9.52 Å². The molecule has 1 amide bonds. The molecule has 0 fully saturated rings. The van der Waals surface area contributed by atoms with Crippen molar-refractivity contribution in [3.63, 3.8) is 0 Å². The van der Waals surface area contributed by atoms with E-state index in [4.69, 9.17) is 10.5 Å². The van der Waals surface area contributed by atoms with Crippen LogP contribution in [0.25, 0.3) is 0 Å². The fourth-order valence-corrected chi connectivity index (χ4v) is 4.08. The van der Waals surface area contributed by atoms with Gasteiger partial charge in [0.05, 0.1) is 17.9 Å². The van der Waals surface area contributed by atoms with Crippen LogP contribution in [0.15, 0.2) is 47.4 Å². The van der Waals surface area contributed by atoms with Crippen molar-refractivity contribution in [2.45, 2.75) is 57.3 Å². The van der Waals surface area contributed by atoms with E-state index >= 15 is 0 Å². The van der Waals surface area contributed by atoms with E-state index in [1.165, 1.54) is 12.1 Å². The van der Waals surface area contributed by atoms with Gasteiger partial charge in [-0.2, -0.15) is 0 Å². The fourth-order valence-electron chi connectivity index (χ4n) is 2.82. The number of anilines is 1. The molecule has 3 N–H and O–H groups in total. The van der Waals surface area contributed by atoms with Gasteiger partial charge in [0.1, 0.15) is 10.6 Å². The first-order valence-electron chi connectivity index (χ1n) is 9.75. The van der Waals surface area contributed by atoms with E-state index in [1.807, 2.05) is 26.8 Å². The van der Waals surface area contributed by atoms with Crippen LogP contribution >= 0.6 is 0 Å². The first kappa shape index (κ1) is 22.7. The van der Waals surface area contributed by atoms with Gasteiger partial charge in [-0.05, 0) is 41.7 Å². The van der Waals surface area contributed by atoms with Crippen molar-refractivity contribution in [1.29, 1.82) is 0 Å². The van der Waals surface area contributed by atoms with Gasteiger partial charge in [0, 0.05) is 0 Å². The van der Waals surface area contributed by atoms with Crippen molar-refractivity contribution < 1.29 is 17.9 Å². The highest BCUT2D eigenvalue weighted by molar-refractivity contribution is 7.92. The number of carbonyl (C=O) groups excluding carboxylic acids is 1. The molecule has 0 saturated carbocycles. The Morgan fingerprint density at radius 1 is 1.10 bits per heavy atom. The number of ether oxygens (including phenoxy) is 1. The Bertz CT molecular complexity index is 963. The summed E-state index contributed by atoms with van der Waals surface area (Å²) in [7, 11) is -4.01. The number of rotatable bonds is 9. The quantitative estimate of drug-likeness (QED) is 0.588.